The molecule has 1 aromatic heterocycles. The zero-order valence-electron chi connectivity index (χ0n) is 5.68. The van der Waals surface area contributed by atoms with Gasteiger partial charge in [-0.1, -0.05) is 0 Å². The lowest BCUT2D eigenvalue weighted by Crippen LogP contribution is -2.07. The van der Waals surface area contributed by atoms with Crippen molar-refractivity contribution in [2.75, 3.05) is 0 Å². The number of hydrogen-bond donors (Lipinski definition) is 0. The van der Waals surface area contributed by atoms with E-state index < -0.39 is 18.2 Å². The van der Waals surface area contributed by atoms with Gasteiger partial charge in [-0.2, -0.15) is 13.2 Å². The Balaban J connectivity index is 3.06. The molecule has 0 bridgehead atoms. The number of alkyl halides is 3. The summed E-state index contributed by atoms with van der Waals surface area (Å²) >= 11 is 0. The number of aromatic nitrogens is 2. The molecule has 0 aromatic carbocycles. The highest BCUT2D eigenvalue weighted by atomic mass is 19.4. The fourth-order valence-corrected chi connectivity index (χ4v) is 0.419. The molecule has 0 saturated carbocycles. The predicted octanol–water partition coefficient (Wildman–Crippen LogP) is 1.50. The van der Waals surface area contributed by atoms with Crippen molar-refractivity contribution in [1.82, 2.24) is 9.97 Å². The summed E-state index contributed by atoms with van der Waals surface area (Å²) in [6.07, 6.45) is -4.21. The van der Waals surface area contributed by atoms with E-state index in [1.54, 1.807) is 0 Å². The maximum atomic E-state index is 11.8. The molecule has 1 heterocycles. The quantitative estimate of drug-likeness (QED) is 0.558. The summed E-state index contributed by atoms with van der Waals surface area (Å²) in [4.78, 5) is 6.08. The Kier molecular flexibility index (Phi) is 1.26. The molecule has 0 radical (unpaired) electrons. The van der Waals surface area contributed by atoms with E-state index in [9.17, 15) is 13.2 Å². The molecule has 1 rings (SSSR count). The fraction of sp³-hybridized carbons (Fsp3) is 0.200. The highest BCUT2D eigenvalue weighted by Gasteiger charge is 2.31. The first-order chi connectivity index (χ1) is 5.00. The molecule has 54 valence electrons. The molecule has 0 fully saturated rings. The Hall–Kier alpha value is -1.13. The van der Waals surface area contributed by atoms with Gasteiger partial charge in [-0.3, -0.25) is 0 Å². The van der Waals surface area contributed by atoms with Crippen LogP contribution in [0.4, 0.5) is 13.2 Å². The zero-order valence-corrected chi connectivity index (χ0v) is 4.68. The van der Waals surface area contributed by atoms with Crippen molar-refractivity contribution in [2.24, 2.45) is 0 Å². The smallest absolute Gasteiger partial charge is 0.245 e. The molecule has 0 N–H and O–H groups in total. The summed E-state index contributed by atoms with van der Waals surface area (Å²) in [5, 5.41) is 0. The molecule has 0 atom stereocenters. The van der Waals surface area contributed by atoms with Gasteiger partial charge < -0.3 is 0 Å². The van der Waals surface area contributed by atoms with Crippen LogP contribution in [0.2, 0.25) is 0 Å². The van der Waals surface area contributed by atoms with Crippen LogP contribution in [0.5, 0.6) is 0 Å². The van der Waals surface area contributed by atoms with E-state index in [0.29, 0.717) is 0 Å². The number of halogens is 3. The molecule has 0 aliphatic rings. The molecule has 0 spiro atoms. The topological polar surface area (TPSA) is 25.8 Å². The zero-order chi connectivity index (χ0) is 8.48. The molecule has 0 unspecified atom stereocenters. The van der Waals surface area contributed by atoms with Crippen LogP contribution in [0.3, 0.4) is 0 Å². The average Bonchev–Trinajstić information content (AvgIpc) is 1.86. The van der Waals surface area contributed by atoms with Gasteiger partial charge in [-0.25, -0.2) is 9.97 Å². The second-order valence-corrected chi connectivity index (χ2v) is 1.54. The average molecular weight is 149 g/mol. The Morgan fingerprint density at radius 3 is 2.60 bits per heavy atom. The monoisotopic (exact) mass is 149 g/mol. The van der Waals surface area contributed by atoms with Crippen LogP contribution < -0.4 is 0 Å². The molecule has 10 heavy (non-hydrogen) atoms. The van der Waals surface area contributed by atoms with Crippen molar-refractivity contribution in [3.63, 3.8) is 0 Å². The van der Waals surface area contributed by atoms with E-state index in [2.05, 4.69) is 9.97 Å². The van der Waals surface area contributed by atoms with Crippen LogP contribution in [0, 0.1) is 0 Å². The van der Waals surface area contributed by atoms with Crippen LogP contribution in [0.25, 0.3) is 0 Å². The van der Waals surface area contributed by atoms with Crippen molar-refractivity contribution in [3.8, 4) is 0 Å². The molecule has 0 amide bonds. The fourth-order valence-electron chi connectivity index (χ4n) is 0.419. The molecule has 0 saturated heterocycles. The van der Waals surface area contributed by atoms with Gasteiger partial charge in [0.2, 0.25) is 0 Å². The van der Waals surface area contributed by atoms with Crippen molar-refractivity contribution in [1.29, 1.82) is 0 Å². The highest BCUT2D eigenvalue weighted by Crippen LogP contribution is 2.26. The second-order valence-electron chi connectivity index (χ2n) is 1.54. The van der Waals surface area contributed by atoms with Gasteiger partial charge in [-0.05, 0) is 6.07 Å². The predicted molar refractivity (Wildman–Crippen MR) is 27.0 cm³/mol. The third kappa shape index (κ3) is 1.43. The molecular formula is C5H3F3N2. The summed E-state index contributed by atoms with van der Waals surface area (Å²) in [6.45, 7) is 0. The third-order valence-corrected chi connectivity index (χ3v) is 0.826. The van der Waals surface area contributed by atoms with E-state index in [1.807, 2.05) is 0 Å². The number of hydrogen-bond acceptors (Lipinski definition) is 2. The summed E-state index contributed by atoms with van der Waals surface area (Å²) in [5.41, 5.74) is -1.09. The highest BCUT2D eigenvalue weighted by molar-refractivity contribution is 5.01. The maximum Gasteiger partial charge on any atom is 0.433 e. The lowest BCUT2D eigenvalue weighted by molar-refractivity contribution is -0.141. The third-order valence-electron chi connectivity index (χ3n) is 0.826. The number of rotatable bonds is 0. The normalized spacial score (nSPS) is 12.9. The molecule has 1 aromatic rings. The maximum absolute atomic E-state index is 11.8. The van der Waals surface area contributed by atoms with Gasteiger partial charge in [0.1, 0.15) is 13.4 Å². The minimum atomic E-state index is -4.49. The first-order valence-corrected chi connectivity index (χ1v) is 2.37. The number of nitrogens with zero attached hydrogens (tertiary/aromatic N) is 2. The van der Waals surface area contributed by atoms with Crippen molar-refractivity contribution >= 4 is 0 Å². The molecule has 0 aliphatic carbocycles. The molecule has 5 heteroatoms. The minimum absolute atomic E-state index is 0.625. The Morgan fingerprint density at radius 1 is 1.50 bits per heavy atom. The first-order valence-electron chi connectivity index (χ1n) is 2.87. The van der Waals surface area contributed by atoms with Crippen LogP contribution >= 0.6 is 0 Å². The lowest BCUT2D eigenvalue weighted by Gasteiger charge is -2.02. The Labute approximate surface area is 56.1 Å². The largest absolute Gasteiger partial charge is 0.433 e. The Bertz CT molecular complexity index is 260. The minimum Gasteiger partial charge on any atom is -0.245 e. The van der Waals surface area contributed by atoms with Gasteiger partial charge in [0, 0.05) is 6.20 Å². The van der Waals surface area contributed by atoms with Crippen LogP contribution in [0.1, 0.15) is 7.06 Å². The van der Waals surface area contributed by atoms with Crippen molar-refractivity contribution in [2.45, 2.75) is 6.18 Å². The van der Waals surface area contributed by atoms with E-state index in [-0.39, 0.29) is 0 Å². The first kappa shape index (κ1) is 5.64. The van der Waals surface area contributed by atoms with Crippen LogP contribution in [0.15, 0.2) is 18.6 Å². The standard InChI is InChI=1S/C5H3F3N2/c6-5(7,8)4-1-2-9-3-10-4/h1-3H/i3D. The van der Waals surface area contributed by atoms with Gasteiger partial charge >= 0.3 is 6.18 Å². The summed E-state index contributed by atoms with van der Waals surface area (Å²) < 4.78 is 42.1. The SMILES string of the molecule is [2H]c1nccc(C(F)(F)F)n1. The second kappa shape index (κ2) is 2.24. The van der Waals surface area contributed by atoms with E-state index in [0.717, 1.165) is 12.3 Å². The molecule has 2 nitrogen and oxygen atoms in total. The summed E-state index contributed by atoms with van der Waals surface area (Å²) in [6, 6.07) is 0.720. The van der Waals surface area contributed by atoms with Gasteiger partial charge in [0.15, 0.2) is 0 Å². The van der Waals surface area contributed by atoms with Crippen LogP contribution in [-0.2, 0) is 6.18 Å². The van der Waals surface area contributed by atoms with Gasteiger partial charge in [0.25, 0.3) is 0 Å². The molecular weight excluding hydrogens is 145 g/mol. The van der Waals surface area contributed by atoms with Gasteiger partial charge in [-0.15, -0.1) is 0 Å². The van der Waals surface area contributed by atoms with Crippen LogP contribution in [-0.4, -0.2) is 9.97 Å². The Morgan fingerprint density at radius 2 is 2.20 bits per heavy atom. The summed E-state index contributed by atoms with van der Waals surface area (Å²) in [5.74, 6) is 0. The van der Waals surface area contributed by atoms with Crippen molar-refractivity contribution < 1.29 is 14.5 Å². The van der Waals surface area contributed by atoms with E-state index in [4.69, 9.17) is 1.37 Å². The van der Waals surface area contributed by atoms with E-state index >= 15 is 0 Å². The van der Waals surface area contributed by atoms with E-state index in [1.165, 1.54) is 0 Å². The molecule has 0 aliphatic heterocycles. The summed E-state index contributed by atoms with van der Waals surface area (Å²) in [7, 11) is 0. The lowest BCUT2D eigenvalue weighted by atomic mass is 10.4. The van der Waals surface area contributed by atoms with Gasteiger partial charge in [0.05, 0.1) is 0 Å². The van der Waals surface area contributed by atoms with Crippen molar-refractivity contribution in [3.05, 3.63) is 24.3 Å².